The van der Waals surface area contributed by atoms with Crippen molar-refractivity contribution >= 4 is 23.2 Å². The molecule has 0 radical (unpaired) electrons. The number of amides is 2. The van der Waals surface area contributed by atoms with E-state index in [1.807, 2.05) is 31.2 Å². The number of carbonyl (C=O) groups is 2. The van der Waals surface area contributed by atoms with Crippen molar-refractivity contribution in [3.8, 4) is 0 Å². The standard InChI is InChI=1S/C23H20F3N3O2/c1-14-6-8-15(9-7-14)12-28-23(31)16-4-2-3-5-18(16)29-20(30)13-27-19-11-10-17(24)21(25)22(19)26/h2-11,27H,12-13H2,1H3,(H,28,31)(H,29,30). The highest BCUT2D eigenvalue weighted by atomic mass is 19.2. The first kappa shape index (κ1) is 21.9. The highest BCUT2D eigenvalue weighted by Crippen LogP contribution is 2.20. The van der Waals surface area contributed by atoms with Crippen molar-refractivity contribution in [3.63, 3.8) is 0 Å². The Bertz CT molecular complexity index is 1100. The zero-order valence-electron chi connectivity index (χ0n) is 16.6. The molecule has 31 heavy (non-hydrogen) atoms. The summed E-state index contributed by atoms with van der Waals surface area (Å²) in [6, 6.07) is 15.9. The molecule has 0 saturated heterocycles. The molecule has 3 aromatic rings. The van der Waals surface area contributed by atoms with Crippen LogP contribution in [0.4, 0.5) is 24.5 Å². The quantitative estimate of drug-likeness (QED) is 0.490. The van der Waals surface area contributed by atoms with Gasteiger partial charge in [0.2, 0.25) is 5.91 Å². The Labute approximate surface area is 177 Å². The maximum absolute atomic E-state index is 13.7. The van der Waals surface area contributed by atoms with Crippen molar-refractivity contribution < 1.29 is 22.8 Å². The van der Waals surface area contributed by atoms with Crippen LogP contribution in [0.5, 0.6) is 0 Å². The largest absolute Gasteiger partial charge is 0.374 e. The summed E-state index contributed by atoms with van der Waals surface area (Å²) in [4.78, 5) is 24.8. The molecule has 160 valence electrons. The van der Waals surface area contributed by atoms with Crippen molar-refractivity contribution in [2.45, 2.75) is 13.5 Å². The molecule has 3 aromatic carbocycles. The Kier molecular flexibility index (Phi) is 6.92. The lowest BCUT2D eigenvalue weighted by Gasteiger charge is -2.13. The van der Waals surface area contributed by atoms with Crippen LogP contribution < -0.4 is 16.0 Å². The first-order valence-corrected chi connectivity index (χ1v) is 9.45. The minimum absolute atomic E-state index is 0.252. The van der Waals surface area contributed by atoms with Crippen LogP contribution in [0, 0.1) is 24.4 Å². The van der Waals surface area contributed by atoms with Gasteiger partial charge in [0.1, 0.15) is 0 Å². The topological polar surface area (TPSA) is 70.2 Å². The Morgan fingerprint density at radius 2 is 1.55 bits per heavy atom. The summed E-state index contributed by atoms with van der Waals surface area (Å²) in [6.45, 7) is 1.87. The van der Waals surface area contributed by atoms with Gasteiger partial charge in [-0.25, -0.2) is 13.2 Å². The Balaban J connectivity index is 1.61. The normalized spacial score (nSPS) is 10.5. The molecule has 3 rings (SSSR count). The van der Waals surface area contributed by atoms with Crippen molar-refractivity contribution in [1.29, 1.82) is 0 Å². The van der Waals surface area contributed by atoms with Crippen LogP contribution in [-0.4, -0.2) is 18.4 Å². The van der Waals surface area contributed by atoms with Crippen LogP contribution in [0.3, 0.4) is 0 Å². The van der Waals surface area contributed by atoms with Crippen molar-refractivity contribution in [1.82, 2.24) is 5.32 Å². The molecule has 0 aromatic heterocycles. The molecule has 0 bridgehead atoms. The minimum Gasteiger partial charge on any atom is -0.374 e. The summed E-state index contributed by atoms with van der Waals surface area (Å²) in [7, 11) is 0. The van der Waals surface area contributed by atoms with Crippen LogP contribution in [-0.2, 0) is 11.3 Å². The fourth-order valence-corrected chi connectivity index (χ4v) is 2.81. The summed E-state index contributed by atoms with van der Waals surface area (Å²) < 4.78 is 40.0. The zero-order chi connectivity index (χ0) is 22.4. The summed E-state index contributed by atoms with van der Waals surface area (Å²) >= 11 is 0. The second-order valence-electron chi connectivity index (χ2n) is 6.84. The smallest absolute Gasteiger partial charge is 0.253 e. The SMILES string of the molecule is Cc1ccc(CNC(=O)c2ccccc2NC(=O)CNc2ccc(F)c(F)c2F)cc1. The van der Waals surface area contributed by atoms with Gasteiger partial charge >= 0.3 is 0 Å². The number of carbonyl (C=O) groups excluding carboxylic acids is 2. The molecule has 2 amide bonds. The van der Waals surface area contributed by atoms with Gasteiger partial charge in [-0.2, -0.15) is 0 Å². The molecule has 0 saturated carbocycles. The monoisotopic (exact) mass is 427 g/mol. The number of anilines is 2. The van der Waals surface area contributed by atoms with Gasteiger partial charge in [0.25, 0.3) is 5.91 Å². The molecule has 0 atom stereocenters. The van der Waals surface area contributed by atoms with E-state index in [2.05, 4.69) is 16.0 Å². The van der Waals surface area contributed by atoms with E-state index >= 15 is 0 Å². The maximum atomic E-state index is 13.7. The molecular weight excluding hydrogens is 407 g/mol. The number of para-hydroxylation sites is 1. The second kappa shape index (κ2) is 9.80. The average molecular weight is 427 g/mol. The third-order valence-corrected chi connectivity index (χ3v) is 4.49. The van der Waals surface area contributed by atoms with E-state index in [0.29, 0.717) is 6.54 Å². The first-order chi connectivity index (χ1) is 14.8. The lowest BCUT2D eigenvalue weighted by molar-refractivity contribution is -0.114. The van der Waals surface area contributed by atoms with E-state index < -0.39 is 29.9 Å². The summed E-state index contributed by atoms with van der Waals surface area (Å²) in [5.41, 5.74) is 2.21. The molecule has 0 aliphatic heterocycles. The van der Waals surface area contributed by atoms with Crippen molar-refractivity contribution in [2.75, 3.05) is 17.2 Å². The van der Waals surface area contributed by atoms with Crippen LogP contribution >= 0.6 is 0 Å². The molecule has 0 unspecified atom stereocenters. The first-order valence-electron chi connectivity index (χ1n) is 9.45. The minimum atomic E-state index is -1.62. The Hall–Kier alpha value is -3.81. The maximum Gasteiger partial charge on any atom is 0.253 e. The van der Waals surface area contributed by atoms with Crippen LogP contribution in [0.1, 0.15) is 21.5 Å². The van der Waals surface area contributed by atoms with E-state index in [9.17, 15) is 22.8 Å². The van der Waals surface area contributed by atoms with Crippen LogP contribution in [0.2, 0.25) is 0 Å². The van der Waals surface area contributed by atoms with Crippen LogP contribution in [0.25, 0.3) is 0 Å². The van der Waals surface area contributed by atoms with E-state index in [0.717, 1.165) is 23.3 Å². The third kappa shape index (κ3) is 5.63. The fourth-order valence-electron chi connectivity index (χ4n) is 2.81. The lowest BCUT2D eigenvalue weighted by atomic mass is 10.1. The van der Waals surface area contributed by atoms with E-state index in [1.165, 1.54) is 0 Å². The fraction of sp³-hybridized carbons (Fsp3) is 0.130. The molecular formula is C23H20F3N3O2. The number of benzene rings is 3. The van der Waals surface area contributed by atoms with Gasteiger partial charge in [0.05, 0.1) is 23.5 Å². The molecule has 3 N–H and O–H groups in total. The van der Waals surface area contributed by atoms with Gasteiger partial charge in [-0.1, -0.05) is 42.0 Å². The lowest BCUT2D eigenvalue weighted by Crippen LogP contribution is -2.27. The highest BCUT2D eigenvalue weighted by molar-refractivity contribution is 6.04. The average Bonchev–Trinajstić information content (AvgIpc) is 2.77. The summed E-state index contributed by atoms with van der Waals surface area (Å²) in [5.74, 6) is -5.33. The van der Waals surface area contributed by atoms with Gasteiger partial charge in [0, 0.05) is 6.54 Å². The molecule has 0 fully saturated rings. The zero-order valence-corrected chi connectivity index (χ0v) is 16.6. The molecule has 5 nitrogen and oxygen atoms in total. The van der Waals surface area contributed by atoms with Gasteiger partial charge in [-0.15, -0.1) is 0 Å². The summed E-state index contributed by atoms with van der Waals surface area (Å²) in [6.07, 6.45) is 0. The highest BCUT2D eigenvalue weighted by Gasteiger charge is 2.16. The van der Waals surface area contributed by atoms with Gasteiger partial charge in [-0.3, -0.25) is 9.59 Å². The van der Waals surface area contributed by atoms with Crippen molar-refractivity contribution in [3.05, 3.63) is 94.8 Å². The van der Waals surface area contributed by atoms with Gasteiger partial charge in [-0.05, 0) is 36.8 Å². The number of rotatable bonds is 7. The van der Waals surface area contributed by atoms with Crippen molar-refractivity contribution in [2.24, 2.45) is 0 Å². The second-order valence-corrected chi connectivity index (χ2v) is 6.84. The number of hydrogen-bond acceptors (Lipinski definition) is 3. The predicted molar refractivity (Wildman–Crippen MR) is 112 cm³/mol. The number of aryl methyl sites for hydroxylation is 1. The Morgan fingerprint density at radius 3 is 2.29 bits per heavy atom. The molecule has 8 heteroatoms. The van der Waals surface area contributed by atoms with Crippen LogP contribution in [0.15, 0.2) is 60.7 Å². The predicted octanol–water partition coefficient (Wildman–Crippen LogP) is 4.39. The Morgan fingerprint density at radius 1 is 0.839 bits per heavy atom. The molecule has 0 spiro atoms. The number of halogens is 3. The van der Waals surface area contributed by atoms with E-state index in [-0.39, 0.29) is 22.8 Å². The number of hydrogen-bond donors (Lipinski definition) is 3. The number of nitrogens with one attached hydrogen (secondary N) is 3. The molecule has 0 heterocycles. The van der Waals surface area contributed by atoms with Gasteiger partial charge in [0.15, 0.2) is 17.5 Å². The third-order valence-electron chi connectivity index (χ3n) is 4.49. The van der Waals surface area contributed by atoms with Gasteiger partial charge < -0.3 is 16.0 Å². The summed E-state index contributed by atoms with van der Waals surface area (Å²) in [5, 5.41) is 7.76. The van der Waals surface area contributed by atoms with E-state index in [4.69, 9.17) is 0 Å². The molecule has 0 aliphatic carbocycles. The van der Waals surface area contributed by atoms with E-state index in [1.54, 1.807) is 24.3 Å². The molecule has 0 aliphatic rings.